The molecule has 1 saturated carbocycles. The second-order valence-electron chi connectivity index (χ2n) is 9.09. The lowest BCUT2D eigenvalue weighted by atomic mass is 9.89. The summed E-state index contributed by atoms with van der Waals surface area (Å²) >= 11 is 0. The van der Waals surface area contributed by atoms with Crippen LogP contribution in [-0.2, 0) is 4.79 Å². The molecule has 3 heterocycles. The maximum atomic E-state index is 13.8. The fraction of sp³-hybridized carbons (Fsp3) is 0.440. The van der Waals surface area contributed by atoms with Crippen molar-refractivity contribution in [2.24, 2.45) is 0 Å². The van der Waals surface area contributed by atoms with Gasteiger partial charge in [-0.05, 0) is 49.4 Å². The lowest BCUT2D eigenvalue weighted by Crippen LogP contribution is -2.51. The summed E-state index contributed by atoms with van der Waals surface area (Å²) in [7, 11) is 1.68. The molecule has 0 spiro atoms. The van der Waals surface area contributed by atoms with Crippen molar-refractivity contribution in [3.8, 4) is 11.1 Å². The first-order valence-corrected chi connectivity index (χ1v) is 11.9. The van der Waals surface area contributed by atoms with Gasteiger partial charge in [0.25, 0.3) is 0 Å². The number of anilines is 2. The van der Waals surface area contributed by atoms with Gasteiger partial charge in [-0.25, -0.2) is 15.0 Å². The van der Waals surface area contributed by atoms with Gasteiger partial charge < -0.3 is 15.5 Å². The summed E-state index contributed by atoms with van der Waals surface area (Å²) in [6, 6.07) is 8.70. The van der Waals surface area contributed by atoms with Gasteiger partial charge in [0, 0.05) is 62.5 Å². The van der Waals surface area contributed by atoms with Crippen molar-refractivity contribution >= 4 is 28.8 Å². The van der Waals surface area contributed by atoms with Gasteiger partial charge >= 0.3 is 0 Å². The number of hydrogen-bond acceptors (Lipinski definition) is 7. The smallest absolute Gasteiger partial charge is 0.236 e. The molecule has 8 nitrogen and oxygen atoms in total. The number of carbonyl (C=O) groups excluding carboxylic acids is 1. The molecule has 1 aliphatic heterocycles. The third-order valence-electron chi connectivity index (χ3n) is 7.13. The van der Waals surface area contributed by atoms with Gasteiger partial charge in [0.1, 0.15) is 12.1 Å². The molecule has 0 radical (unpaired) electrons. The summed E-state index contributed by atoms with van der Waals surface area (Å²) in [6.45, 7) is 3.59. The number of nitrogens with one attached hydrogen (secondary N) is 2. The van der Waals surface area contributed by atoms with Crippen LogP contribution in [0.1, 0.15) is 25.7 Å². The second kappa shape index (κ2) is 9.89. The van der Waals surface area contributed by atoms with Gasteiger partial charge in [-0.15, -0.1) is 0 Å². The normalized spacial score (nSPS) is 21.4. The van der Waals surface area contributed by atoms with Gasteiger partial charge in [0.15, 0.2) is 0 Å². The number of nitrogens with zero attached hydrogens (tertiary/aromatic N) is 5. The van der Waals surface area contributed by atoms with Gasteiger partial charge in [-0.2, -0.15) is 4.39 Å². The van der Waals surface area contributed by atoms with Crippen molar-refractivity contribution in [2.45, 2.75) is 37.8 Å². The fourth-order valence-electron chi connectivity index (χ4n) is 5.12. The Morgan fingerprint density at radius 3 is 2.53 bits per heavy atom. The molecule has 0 bridgehead atoms. The van der Waals surface area contributed by atoms with Crippen LogP contribution in [0.15, 0.2) is 36.8 Å². The molecule has 1 aromatic carbocycles. The first-order chi connectivity index (χ1) is 16.6. The van der Waals surface area contributed by atoms with Crippen LogP contribution < -0.4 is 10.6 Å². The molecule has 2 aliphatic rings. The minimum atomic E-state index is -0.515. The van der Waals surface area contributed by atoms with E-state index in [2.05, 4.69) is 30.5 Å². The molecule has 9 heteroatoms. The first-order valence-electron chi connectivity index (χ1n) is 11.9. The number of fused-ring (bicyclic) bond motifs is 1. The van der Waals surface area contributed by atoms with Crippen LogP contribution in [0.25, 0.3) is 22.0 Å². The van der Waals surface area contributed by atoms with Crippen LogP contribution in [0.5, 0.6) is 0 Å². The van der Waals surface area contributed by atoms with E-state index in [9.17, 15) is 9.18 Å². The number of piperazine rings is 1. The van der Waals surface area contributed by atoms with Crippen LogP contribution in [0, 0.1) is 5.95 Å². The van der Waals surface area contributed by atoms with E-state index in [1.54, 1.807) is 25.6 Å². The van der Waals surface area contributed by atoms with Crippen molar-refractivity contribution in [3.05, 3.63) is 42.7 Å². The lowest BCUT2D eigenvalue weighted by molar-refractivity contribution is -0.120. The number of hydrogen-bond donors (Lipinski definition) is 2. The van der Waals surface area contributed by atoms with E-state index < -0.39 is 5.95 Å². The number of amides is 1. The molecule has 5 rings (SSSR count). The molecule has 178 valence electrons. The van der Waals surface area contributed by atoms with Gasteiger partial charge in [-0.3, -0.25) is 9.69 Å². The van der Waals surface area contributed by atoms with Crippen LogP contribution in [0.3, 0.4) is 0 Å². The molecular formula is C25H30FN7O. The predicted octanol–water partition coefficient (Wildman–Crippen LogP) is 3.37. The number of pyridine rings is 1. The molecule has 1 aliphatic carbocycles. The molecule has 2 fully saturated rings. The van der Waals surface area contributed by atoms with Crippen molar-refractivity contribution in [3.63, 3.8) is 0 Å². The Hall–Kier alpha value is -3.33. The minimum absolute atomic E-state index is 0.359. The number of carbonyl (C=O) groups is 1. The van der Waals surface area contributed by atoms with Crippen LogP contribution in [0.4, 0.5) is 15.9 Å². The van der Waals surface area contributed by atoms with Crippen molar-refractivity contribution in [2.75, 3.05) is 43.9 Å². The quantitative estimate of drug-likeness (QED) is 0.428. The molecule has 3 aromatic rings. The highest BCUT2D eigenvalue weighted by atomic mass is 19.1. The molecule has 0 unspecified atom stereocenters. The zero-order valence-electron chi connectivity index (χ0n) is 19.4. The number of benzene rings is 1. The van der Waals surface area contributed by atoms with Gasteiger partial charge in [0.2, 0.25) is 12.4 Å². The van der Waals surface area contributed by atoms with Crippen LogP contribution in [0.2, 0.25) is 0 Å². The minimum Gasteiger partial charge on any atom is -0.384 e. The van der Waals surface area contributed by atoms with Crippen LogP contribution >= 0.6 is 0 Å². The third-order valence-corrected chi connectivity index (χ3v) is 7.13. The molecule has 2 aromatic heterocycles. The highest BCUT2D eigenvalue weighted by Crippen LogP contribution is 2.31. The lowest BCUT2D eigenvalue weighted by Gasteiger charge is -2.41. The van der Waals surface area contributed by atoms with E-state index >= 15 is 0 Å². The second-order valence-corrected chi connectivity index (χ2v) is 9.09. The Labute approximate surface area is 198 Å². The van der Waals surface area contributed by atoms with Gasteiger partial charge in [0.05, 0.1) is 11.2 Å². The fourth-order valence-corrected chi connectivity index (χ4v) is 5.12. The molecular weight excluding hydrogens is 433 g/mol. The Balaban J connectivity index is 1.29. The van der Waals surface area contributed by atoms with Crippen molar-refractivity contribution in [1.82, 2.24) is 24.8 Å². The van der Waals surface area contributed by atoms with Crippen molar-refractivity contribution in [1.29, 1.82) is 0 Å². The van der Waals surface area contributed by atoms with E-state index in [0.29, 0.717) is 17.8 Å². The largest absolute Gasteiger partial charge is 0.384 e. The Morgan fingerprint density at radius 1 is 1.00 bits per heavy atom. The predicted molar refractivity (Wildman–Crippen MR) is 131 cm³/mol. The average Bonchev–Trinajstić information content (AvgIpc) is 2.89. The zero-order chi connectivity index (χ0) is 23.5. The first kappa shape index (κ1) is 22.5. The highest BCUT2D eigenvalue weighted by molar-refractivity contribution is 5.92. The summed E-state index contributed by atoms with van der Waals surface area (Å²) in [4.78, 5) is 28.2. The standard InChI is InChI=1S/C25H30FN7O/c1-27-23-13-18(14-28-24(23)26)17-2-7-22-21(12-17)25(30-15-29-22)31-19-3-5-20(6-4-19)33-10-8-32(16-34)9-11-33/h2,7,12-16,19-20,27H,3-6,8-11H2,1H3,(H,29,30,31). The molecule has 1 saturated heterocycles. The third kappa shape index (κ3) is 4.65. The maximum Gasteiger partial charge on any atom is 0.236 e. The summed E-state index contributed by atoms with van der Waals surface area (Å²) in [5.74, 6) is 0.317. The van der Waals surface area contributed by atoms with E-state index in [0.717, 1.165) is 86.1 Å². The topological polar surface area (TPSA) is 86.3 Å². The molecule has 2 N–H and O–H groups in total. The highest BCUT2D eigenvalue weighted by Gasteiger charge is 2.28. The molecule has 0 atom stereocenters. The molecule has 1 amide bonds. The maximum absolute atomic E-state index is 13.8. The molecule has 34 heavy (non-hydrogen) atoms. The van der Waals surface area contributed by atoms with E-state index in [1.165, 1.54) is 0 Å². The summed E-state index contributed by atoms with van der Waals surface area (Å²) < 4.78 is 13.8. The van der Waals surface area contributed by atoms with Crippen molar-refractivity contribution < 1.29 is 9.18 Å². The van der Waals surface area contributed by atoms with E-state index in [1.807, 2.05) is 23.1 Å². The number of halogens is 1. The van der Waals surface area contributed by atoms with E-state index in [-0.39, 0.29) is 0 Å². The number of rotatable bonds is 6. The Morgan fingerprint density at radius 2 is 1.79 bits per heavy atom. The average molecular weight is 464 g/mol. The summed E-state index contributed by atoms with van der Waals surface area (Å²) in [5, 5.41) is 7.45. The van der Waals surface area contributed by atoms with Gasteiger partial charge in [-0.1, -0.05) is 6.07 Å². The summed E-state index contributed by atoms with van der Waals surface area (Å²) in [6.07, 6.45) is 8.55. The summed E-state index contributed by atoms with van der Waals surface area (Å²) in [5.41, 5.74) is 3.00. The Kier molecular flexibility index (Phi) is 6.53. The van der Waals surface area contributed by atoms with Crippen LogP contribution in [-0.4, -0.2) is 76.5 Å². The van der Waals surface area contributed by atoms with E-state index in [4.69, 9.17) is 0 Å². The SMILES string of the molecule is CNc1cc(-c2ccc3ncnc(NC4CCC(N5CCN(C=O)CC5)CC4)c3c2)cnc1F. The zero-order valence-corrected chi connectivity index (χ0v) is 19.4. The monoisotopic (exact) mass is 463 g/mol. The number of aromatic nitrogens is 3. The Bertz CT molecular complexity index is 1160.